The largest absolute Gasteiger partial charge is 0.497 e. The Labute approximate surface area is 169 Å². The predicted molar refractivity (Wildman–Crippen MR) is 114 cm³/mol. The van der Waals surface area contributed by atoms with Gasteiger partial charge in [0.2, 0.25) is 5.91 Å². The Kier molecular flexibility index (Phi) is 5.84. The Bertz CT molecular complexity index is 929. The van der Waals surface area contributed by atoms with E-state index in [0.717, 1.165) is 16.8 Å². The third-order valence-corrected chi connectivity index (χ3v) is 4.95. The van der Waals surface area contributed by atoms with Crippen LogP contribution in [0.4, 0.5) is 5.69 Å². The molecular formula is C21H23N3O3S. The van der Waals surface area contributed by atoms with E-state index in [2.05, 4.69) is 22.5 Å². The van der Waals surface area contributed by atoms with E-state index in [1.165, 1.54) is 0 Å². The Balaban J connectivity index is 1.97. The lowest BCUT2D eigenvalue weighted by Gasteiger charge is -2.36. The number of para-hydroxylation sites is 1. The third-order valence-electron chi connectivity index (χ3n) is 4.73. The van der Waals surface area contributed by atoms with Gasteiger partial charge in [-0.05, 0) is 42.9 Å². The normalized spacial score (nSPS) is 18.7. The van der Waals surface area contributed by atoms with E-state index in [1.807, 2.05) is 43.3 Å². The van der Waals surface area contributed by atoms with Crippen LogP contribution >= 0.6 is 12.2 Å². The Morgan fingerprint density at radius 2 is 1.93 bits per heavy atom. The van der Waals surface area contributed by atoms with Gasteiger partial charge in [0.05, 0.1) is 20.3 Å². The second kappa shape index (κ2) is 8.31. The van der Waals surface area contributed by atoms with Gasteiger partial charge in [-0.3, -0.25) is 4.79 Å². The van der Waals surface area contributed by atoms with Gasteiger partial charge in [0.1, 0.15) is 17.4 Å². The molecule has 2 aromatic rings. The van der Waals surface area contributed by atoms with E-state index in [9.17, 15) is 4.79 Å². The average Bonchev–Trinajstić information content (AvgIpc) is 2.68. The molecule has 1 aliphatic heterocycles. The molecule has 3 rings (SSSR count). The molecular weight excluding hydrogens is 374 g/mol. The molecule has 146 valence electrons. The van der Waals surface area contributed by atoms with Crippen LogP contribution in [0.5, 0.6) is 11.5 Å². The van der Waals surface area contributed by atoms with Gasteiger partial charge < -0.3 is 25.4 Å². The van der Waals surface area contributed by atoms with Crippen LogP contribution in [0.3, 0.4) is 0 Å². The first-order valence-electron chi connectivity index (χ1n) is 8.79. The lowest BCUT2D eigenvalue weighted by Crippen LogP contribution is -2.51. The van der Waals surface area contributed by atoms with Crippen molar-refractivity contribution >= 4 is 28.9 Å². The zero-order valence-corrected chi connectivity index (χ0v) is 16.9. The molecule has 1 fully saturated rings. The summed E-state index contributed by atoms with van der Waals surface area (Å²) in [7, 11) is 3.17. The molecule has 0 aliphatic carbocycles. The minimum absolute atomic E-state index is 0.190. The zero-order chi connectivity index (χ0) is 20.3. The Hall–Kier alpha value is -3.06. The Morgan fingerprint density at radius 1 is 1.18 bits per heavy atom. The van der Waals surface area contributed by atoms with E-state index >= 15 is 0 Å². The van der Waals surface area contributed by atoms with Crippen molar-refractivity contribution in [3.05, 3.63) is 65.9 Å². The van der Waals surface area contributed by atoms with Crippen molar-refractivity contribution in [3.63, 3.8) is 0 Å². The highest BCUT2D eigenvalue weighted by atomic mass is 32.1. The minimum atomic E-state index is -0.603. The number of hydrogen-bond acceptors (Lipinski definition) is 4. The summed E-state index contributed by atoms with van der Waals surface area (Å²) in [6.45, 7) is 5.98. The van der Waals surface area contributed by atoms with E-state index in [0.29, 0.717) is 22.3 Å². The molecule has 1 heterocycles. The van der Waals surface area contributed by atoms with Crippen LogP contribution in [-0.2, 0) is 4.79 Å². The number of carbonyl (C=O) groups excluding carboxylic acids is 1. The predicted octanol–water partition coefficient (Wildman–Crippen LogP) is 3.30. The van der Waals surface area contributed by atoms with Crippen molar-refractivity contribution in [1.82, 2.24) is 10.6 Å². The highest BCUT2D eigenvalue weighted by molar-refractivity contribution is 7.80. The summed E-state index contributed by atoms with van der Waals surface area (Å²) in [5.74, 6) is 0.471. The molecule has 1 aliphatic rings. The van der Waals surface area contributed by atoms with Crippen molar-refractivity contribution in [2.45, 2.75) is 13.0 Å². The number of nitrogens with one attached hydrogen (secondary N) is 3. The average molecular weight is 398 g/mol. The van der Waals surface area contributed by atoms with E-state index in [-0.39, 0.29) is 5.91 Å². The highest BCUT2D eigenvalue weighted by Crippen LogP contribution is 2.37. The van der Waals surface area contributed by atoms with Crippen molar-refractivity contribution in [1.29, 1.82) is 0 Å². The van der Waals surface area contributed by atoms with Crippen molar-refractivity contribution in [3.8, 4) is 11.5 Å². The van der Waals surface area contributed by atoms with Gasteiger partial charge in [0.15, 0.2) is 5.11 Å². The molecule has 2 atom stereocenters. The van der Waals surface area contributed by atoms with Crippen molar-refractivity contribution in [2.75, 3.05) is 19.5 Å². The van der Waals surface area contributed by atoms with Gasteiger partial charge in [0, 0.05) is 23.0 Å². The summed E-state index contributed by atoms with van der Waals surface area (Å²) < 4.78 is 10.8. The molecule has 0 aromatic heterocycles. The van der Waals surface area contributed by atoms with Gasteiger partial charge in [-0.1, -0.05) is 24.8 Å². The van der Waals surface area contributed by atoms with E-state index in [1.54, 1.807) is 20.3 Å². The number of anilines is 1. The molecule has 0 radical (unpaired) electrons. The maximum atomic E-state index is 13.2. The maximum Gasteiger partial charge on any atom is 0.235 e. The molecule has 1 saturated heterocycles. The first-order chi connectivity index (χ1) is 13.4. The highest BCUT2D eigenvalue weighted by Gasteiger charge is 2.38. The molecule has 1 amide bonds. The lowest BCUT2D eigenvalue weighted by atomic mass is 9.87. The standard InChI is InChI=1S/C21H23N3O3S/c1-12-7-5-6-8-16(12)23-20(25)18-13(2)22-21(28)24-19(18)15-10-9-14(26-3)11-17(15)27-4/h5-11,18-19H,2H2,1,3-4H3,(H,23,25)(H2,22,24,28). The number of aryl methyl sites for hydroxylation is 1. The number of amides is 1. The molecule has 7 heteroatoms. The molecule has 28 heavy (non-hydrogen) atoms. The number of hydrogen-bond donors (Lipinski definition) is 3. The van der Waals surface area contributed by atoms with Crippen molar-refractivity contribution < 1.29 is 14.3 Å². The molecule has 0 saturated carbocycles. The first kappa shape index (κ1) is 19.7. The number of carbonyl (C=O) groups is 1. The number of thiocarbonyl (C=S) groups is 1. The lowest BCUT2D eigenvalue weighted by molar-refractivity contribution is -0.119. The molecule has 0 spiro atoms. The monoisotopic (exact) mass is 397 g/mol. The fraction of sp³-hybridized carbons (Fsp3) is 0.238. The smallest absolute Gasteiger partial charge is 0.235 e. The number of benzene rings is 2. The van der Waals surface area contributed by atoms with Gasteiger partial charge >= 0.3 is 0 Å². The van der Waals surface area contributed by atoms with Crippen molar-refractivity contribution in [2.24, 2.45) is 5.92 Å². The van der Waals surface area contributed by atoms with Crippen LogP contribution in [-0.4, -0.2) is 25.2 Å². The first-order valence-corrected chi connectivity index (χ1v) is 9.20. The Morgan fingerprint density at radius 3 is 2.61 bits per heavy atom. The van der Waals surface area contributed by atoms with Gasteiger partial charge in [-0.25, -0.2) is 0 Å². The van der Waals surface area contributed by atoms with Gasteiger partial charge in [-0.2, -0.15) is 0 Å². The quantitative estimate of drug-likeness (QED) is 0.673. The second-order valence-electron chi connectivity index (χ2n) is 6.49. The fourth-order valence-corrected chi connectivity index (χ4v) is 3.51. The summed E-state index contributed by atoms with van der Waals surface area (Å²) >= 11 is 5.30. The van der Waals surface area contributed by atoms with Crippen LogP contribution < -0.4 is 25.4 Å². The number of methoxy groups -OCH3 is 2. The maximum absolute atomic E-state index is 13.2. The topological polar surface area (TPSA) is 71.6 Å². The van der Waals surface area contributed by atoms with Crippen LogP contribution in [0, 0.1) is 12.8 Å². The number of ether oxygens (including phenoxy) is 2. The summed E-state index contributed by atoms with van der Waals surface area (Å²) in [5, 5.41) is 9.56. The molecule has 0 bridgehead atoms. The summed E-state index contributed by atoms with van der Waals surface area (Å²) in [6.07, 6.45) is 0. The molecule has 3 N–H and O–H groups in total. The van der Waals surface area contributed by atoms with Gasteiger partial charge in [-0.15, -0.1) is 0 Å². The summed E-state index contributed by atoms with van der Waals surface area (Å²) in [6, 6.07) is 12.7. The zero-order valence-electron chi connectivity index (χ0n) is 16.0. The molecule has 2 unspecified atom stereocenters. The SMILES string of the molecule is C=C1NC(=S)NC(c2ccc(OC)cc2OC)C1C(=O)Nc1ccccc1C. The molecule has 2 aromatic carbocycles. The third kappa shape index (κ3) is 3.94. The number of rotatable bonds is 5. The fourth-order valence-electron chi connectivity index (χ4n) is 3.25. The van der Waals surface area contributed by atoms with Gasteiger partial charge in [0.25, 0.3) is 0 Å². The van der Waals surface area contributed by atoms with Crippen LogP contribution in [0.2, 0.25) is 0 Å². The molecule has 6 nitrogen and oxygen atoms in total. The van der Waals surface area contributed by atoms with E-state index < -0.39 is 12.0 Å². The second-order valence-corrected chi connectivity index (χ2v) is 6.90. The minimum Gasteiger partial charge on any atom is -0.497 e. The summed E-state index contributed by atoms with van der Waals surface area (Å²) in [4.78, 5) is 13.2. The summed E-state index contributed by atoms with van der Waals surface area (Å²) in [5.41, 5.74) is 3.05. The van der Waals surface area contributed by atoms with Crippen LogP contribution in [0.15, 0.2) is 54.7 Å². The van der Waals surface area contributed by atoms with Crippen LogP contribution in [0.1, 0.15) is 17.2 Å². The van der Waals surface area contributed by atoms with E-state index in [4.69, 9.17) is 21.7 Å². The van der Waals surface area contributed by atoms with Crippen LogP contribution in [0.25, 0.3) is 0 Å².